The molecule has 1 unspecified atom stereocenters. The molecule has 1 heterocycles. The first-order valence-electron chi connectivity index (χ1n) is 5.61. The zero-order valence-electron chi connectivity index (χ0n) is 9.13. The zero-order valence-corrected chi connectivity index (χ0v) is 9.88. The second kappa shape index (κ2) is 5.13. The van der Waals surface area contributed by atoms with Crippen LogP contribution in [-0.4, -0.2) is 24.5 Å². The molecule has 1 fully saturated rings. The Morgan fingerprint density at radius 2 is 2.06 bits per heavy atom. The Bertz CT molecular complexity index is 364. The molecule has 1 aromatic carbocycles. The van der Waals surface area contributed by atoms with Crippen LogP contribution in [-0.2, 0) is 0 Å². The van der Waals surface area contributed by atoms with E-state index in [1.54, 1.807) is 6.07 Å². The molecule has 0 saturated carbocycles. The molecule has 1 aromatic rings. The number of hydrogen-bond donors (Lipinski definition) is 1. The highest BCUT2D eigenvalue weighted by Gasteiger charge is 2.22. The van der Waals surface area contributed by atoms with Crippen molar-refractivity contribution in [1.29, 1.82) is 0 Å². The Balaban J connectivity index is 2.22. The van der Waals surface area contributed by atoms with Crippen LogP contribution in [0.25, 0.3) is 0 Å². The number of likely N-dealkylation sites (tertiary alicyclic amines) is 1. The van der Waals surface area contributed by atoms with Gasteiger partial charge in [0.2, 0.25) is 0 Å². The van der Waals surface area contributed by atoms with Crippen LogP contribution in [0.1, 0.15) is 24.4 Å². The first-order valence-corrected chi connectivity index (χ1v) is 5.99. The Morgan fingerprint density at radius 1 is 1.38 bits per heavy atom. The fraction of sp³-hybridized carbons (Fsp3) is 0.500. The molecule has 88 valence electrons. The summed E-state index contributed by atoms with van der Waals surface area (Å²) in [4.78, 5) is 2.31. The van der Waals surface area contributed by atoms with Crippen LogP contribution in [0.4, 0.5) is 4.39 Å². The molecule has 0 aromatic heterocycles. The van der Waals surface area contributed by atoms with E-state index >= 15 is 0 Å². The Hall–Kier alpha value is -0.640. The molecule has 0 amide bonds. The van der Waals surface area contributed by atoms with Crippen molar-refractivity contribution in [3.63, 3.8) is 0 Å². The summed E-state index contributed by atoms with van der Waals surface area (Å²) in [6.07, 6.45) is 2.40. The van der Waals surface area contributed by atoms with E-state index in [1.807, 2.05) is 6.07 Å². The van der Waals surface area contributed by atoms with Crippen molar-refractivity contribution >= 4 is 11.6 Å². The maximum Gasteiger partial charge on any atom is 0.142 e. The van der Waals surface area contributed by atoms with Crippen molar-refractivity contribution in [3.8, 4) is 0 Å². The van der Waals surface area contributed by atoms with Crippen LogP contribution in [0.3, 0.4) is 0 Å². The molecule has 1 saturated heterocycles. The summed E-state index contributed by atoms with van der Waals surface area (Å²) in [5.74, 6) is -0.364. The minimum atomic E-state index is -0.364. The molecular weight excluding hydrogens is 227 g/mol. The Labute approximate surface area is 100 Å². The topological polar surface area (TPSA) is 29.3 Å². The summed E-state index contributed by atoms with van der Waals surface area (Å²) < 4.78 is 13.4. The first-order chi connectivity index (χ1) is 7.72. The fourth-order valence-electron chi connectivity index (χ4n) is 2.27. The van der Waals surface area contributed by atoms with Gasteiger partial charge in [0.15, 0.2) is 0 Å². The highest BCUT2D eigenvalue weighted by molar-refractivity contribution is 6.30. The summed E-state index contributed by atoms with van der Waals surface area (Å²) in [6, 6.07) is 5.08. The van der Waals surface area contributed by atoms with Crippen molar-refractivity contribution < 1.29 is 4.39 Å². The monoisotopic (exact) mass is 242 g/mol. The summed E-state index contributed by atoms with van der Waals surface area (Å²) >= 11 is 5.67. The van der Waals surface area contributed by atoms with Crippen LogP contribution in [0.15, 0.2) is 18.2 Å². The molecule has 0 radical (unpaired) electrons. The van der Waals surface area contributed by atoms with Crippen molar-refractivity contribution in [2.75, 3.05) is 19.6 Å². The second-order valence-corrected chi connectivity index (χ2v) is 4.58. The van der Waals surface area contributed by atoms with E-state index in [-0.39, 0.29) is 16.9 Å². The van der Waals surface area contributed by atoms with Gasteiger partial charge in [-0.1, -0.05) is 17.7 Å². The zero-order chi connectivity index (χ0) is 11.5. The Kier molecular flexibility index (Phi) is 3.79. The van der Waals surface area contributed by atoms with Crippen LogP contribution in [0.2, 0.25) is 5.02 Å². The van der Waals surface area contributed by atoms with Crippen molar-refractivity contribution in [2.24, 2.45) is 5.73 Å². The van der Waals surface area contributed by atoms with Crippen molar-refractivity contribution in [1.82, 2.24) is 4.90 Å². The van der Waals surface area contributed by atoms with E-state index in [0.717, 1.165) is 18.7 Å². The third-order valence-corrected chi connectivity index (χ3v) is 3.44. The average molecular weight is 243 g/mol. The molecule has 0 spiro atoms. The number of hydrogen-bond acceptors (Lipinski definition) is 2. The normalized spacial score (nSPS) is 18.9. The van der Waals surface area contributed by atoms with E-state index in [4.69, 9.17) is 17.3 Å². The lowest BCUT2D eigenvalue weighted by Crippen LogP contribution is -2.31. The minimum Gasteiger partial charge on any atom is -0.329 e. The number of nitrogens with zero attached hydrogens (tertiary/aromatic N) is 1. The van der Waals surface area contributed by atoms with Gasteiger partial charge in [-0.3, -0.25) is 4.90 Å². The lowest BCUT2D eigenvalue weighted by molar-refractivity contribution is 0.251. The van der Waals surface area contributed by atoms with Crippen LogP contribution in [0, 0.1) is 5.82 Å². The number of rotatable bonds is 3. The maximum absolute atomic E-state index is 13.4. The van der Waals surface area contributed by atoms with Gasteiger partial charge in [-0.05, 0) is 43.6 Å². The minimum absolute atomic E-state index is 0.120. The third kappa shape index (κ3) is 2.37. The van der Waals surface area contributed by atoms with Crippen LogP contribution >= 0.6 is 11.6 Å². The number of nitrogens with two attached hydrogens (primary N) is 1. The molecule has 0 bridgehead atoms. The van der Waals surface area contributed by atoms with E-state index in [1.165, 1.54) is 18.9 Å². The van der Waals surface area contributed by atoms with Crippen molar-refractivity contribution in [3.05, 3.63) is 34.6 Å². The van der Waals surface area contributed by atoms with Gasteiger partial charge in [0.25, 0.3) is 0 Å². The van der Waals surface area contributed by atoms with Gasteiger partial charge in [-0.2, -0.15) is 0 Å². The average Bonchev–Trinajstić information content (AvgIpc) is 2.78. The molecular formula is C12H16ClFN2. The smallest absolute Gasteiger partial charge is 0.142 e. The van der Waals surface area contributed by atoms with Gasteiger partial charge in [-0.25, -0.2) is 4.39 Å². The lowest BCUT2D eigenvalue weighted by atomic mass is 10.1. The first kappa shape index (κ1) is 11.8. The third-order valence-electron chi connectivity index (χ3n) is 3.13. The highest BCUT2D eigenvalue weighted by atomic mass is 35.5. The molecule has 0 aliphatic carbocycles. The van der Waals surface area contributed by atoms with Gasteiger partial charge in [-0.15, -0.1) is 0 Å². The molecule has 1 aliphatic heterocycles. The summed E-state index contributed by atoms with van der Waals surface area (Å²) in [5.41, 5.74) is 6.70. The molecule has 16 heavy (non-hydrogen) atoms. The highest BCUT2D eigenvalue weighted by Crippen LogP contribution is 2.26. The largest absolute Gasteiger partial charge is 0.329 e. The summed E-state index contributed by atoms with van der Waals surface area (Å²) in [7, 11) is 0. The van der Waals surface area contributed by atoms with E-state index in [9.17, 15) is 4.39 Å². The van der Waals surface area contributed by atoms with Gasteiger partial charge >= 0.3 is 0 Å². The van der Waals surface area contributed by atoms with E-state index < -0.39 is 0 Å². The van der Waals surface area contributed by atoms with Gasteiger partial charge in [0.1, 0.15) is 5.82 Å². The molecule has 2 N–H and O–H groups in total. The molecule has 2 nitrogen and oxygen atoms in total. The lowest BCUT2D eigenvalue weighted by Gasteiger charge is -2.26. The Morgan fingerprint density at radius 3 is 2.62 bits per heavy atom. The van der Waals surface area contributed by atoms with Crippen molar-refractivity contribution in [2.45, 2.75) is 18.9 Å². The van der Waals surface area contributed by atoms with Gasteiger partial charge in [0, 0.05) is 12.6 Å². The second-order valence-electron chi connectivity index (χ2n) is 4.17. The predicted molar refractivity (Wildman–Crippen MR) is 64.0 cm³/mol. The summed E-state index contributed by atoms with van der Waals surface area (Å²) in [5, 5.41) is 0.168. The van der Waals surface area contributed by atoms with E-state index in [2.05, 4.69) is 4.90 Å². The number of halogens is 2. The predicted octanol–water partition coefficient (Wildman–Crippen LogP) is 2.57. The molecule has 1 atom stereocenters. The maximum atomic E-state index is 13.4. The van der Waals surface area contributed by atoms with Crippen LogP contribution in [0.5, 0.6) is 0 Å². The quantitative estimate of drug-likeness (QED) is 0.883. The van der Waals surface area contributed by atoms with Gasteiger partial charge in [0.05, 0.1) is 5.02 Å². The molecule has 4 heteroatoms. The fourth-order valence-corrected chi connectivity index (χ4v) is 2.39. The molecule has 1 aliphatic rings. The molecule has 2 rings (SSSR count). The number of benzene rings is 1. The van der Waals surface area contributed by atoms with E-state index in [0.29, 0.717) is 6.54 Å². The standard InChI is InChI=1S/C12H16ClFN2/c13-10-4-3-9(7-11(10)14)12(8-15)16-5-1-2-6-16/h3-4,7,12H,1-2,5-6,8,15H2. The van der Waals surface area contributed by atoms with Crippen LogP contribution < -0.4 is 5.73 Å². The summed E-state index contributed by atoms with van der Waals surface area (Å²) in [6.45, 7) is 2.61. The SMILES string of the molecule is NCC(c1ccc(Cl)c(F)c1)N1CCCC1. The van der Waals surface area contributed by atoms with Gasteiger partial charge < -0.3 is 5.73 Å².